The lowest BCUT2D eigenvalue weighted by molar-refractivity contribution is 0.0997. The number of piperidine rings is 1. The molecule has 0 unspecified atom stereocenters. The number of nitrogens with zero attached hydrogens (tertiary/aromatic N) is 1. The van der Waals surface area contributed by atoms with E-state index in [0.717, 1.165) is 12.2 Å². The number of amides is 1. The van der Waals surface area contributed by atoms with Gasteiger partial charge in [-0.3, -0.25) is 4.79 Å². The Labute approximate surface area is 180 Å². The number of nitrogens with one attached hydrogen (secondary N) is 1. The SMILES string of the molecule is C[C@@H]1CCCCN1c1ccc(NC(=O)c2ccc(-c3ccc(Cl)cc3Cl)o2)cc1. The summed E-state index contributed by atoms with van der Waals surface area (Å²) in [5.74, 6) is 0.437. The smallest absolute Gasteiger partial charge is 0.291 e. The Kier molecular flexibility index (Phi) is 5.84. The Morgan fingerprint density at radius 3 is 2.59 bits per heavy atom. The molecular weight excluding hydrogens is 407 g/mol. The standard InChI is InChI=1S/C23H22Cl2N2O2/c1-15-4-2-3-13-27(15)18-8-6-17(7-9-18)26-23(28)22-12-11-21(29-22)19-10-5-16(24)14-20(19)25/h5-12,14-15H,2-4,13H2,1H3,(H,26,28)/t15-/m1/s1. The Morgan fingerprint density at radius 2 is 1.86 bits per heavy atom. The van der Waals surface area contributed by atoms with Crippen molar-refractivity contribution in [3.63, 3.8) is 0 Å². The summed E-state index contributed by atoms with van der Waals surface area (Å²) in [6.45, 7) is 3.34. The fourth-order valence-electron chi connectivity index (χ4n) is 3.70. The maximum atomic E-state index is 12.6. The average Bonchev–Trinajstić information content (AvgIpc) is 3.19. The maximum absolute atomic E-state index is 12.6. The molecule has 1 saturated heterocycles. The van der Waals surface area contributed by atoms with Crippen LogP contribution < -0.4 is 10.2 Å². The normalized spacial score (nSPS) is 16.7. The van der Waals surface area contributed by atoms with Gasteiger partial charge >= 0.3 is 0 Å². The van der Waals surface area contributed by atoms with Crippen LogP contribution in [0.15, 0.2) is 59.0 Å². The molecule has 2 heterocycles. The largest absolute Gasteiger partial charge is 0.451 e. The molecule has 4 nitrogen and oxygen atoms in total. The van der Waals surface area contributed by atoms with E-state index in [1.165, 1.54) is 24.9 Å². The van der Waals surface area contributed by atoms with Crippen molar-refractivity contribution in [1.29, 1.82) is 0 Å². The topological polar surface area (TPSA) is 45.5 Å². The summed E-state index contributed by atoms with van der Waals surface area (Å²) in [5.41, 5.74) is 2.61. The van der Waals surface area contributed by atoms with Gasteiger partial charge in [-0.25, -0.2) is 0 Å². The minimum Gasteiger partial charge on any atom is -0.451 e. The molecular formula is C23H22Cl2N2O2. The van der Waals surface area contributed by atoms with Crippen molar-refractivity contribution >= 4 is 40.5 Å². The van der Waals surface area contributed by atoms with Gasteiger partial charge in [0, 0.05) is 34.5 Å². The minimum atomic E-state index is -0.305. The number of carbonyl (C=O) groups is 1. The fraction of sp³-hybridized carbons (Fsp3) is 0.261. The number of carbonyl (C=O) groups excluding carboxylic acids is 1. The van der Waals surface area contributed by atoms with E-state index in [1.807, 2.05) is 12.1 Å². The van der Waals surface area contributed by atoms with Crippen LogP contribution in [0.3, 0.4) is 0 Å². The molecule has 1 atom stereocenters. The lowest BCUT2D eigenvalue weighted by Gasteiger charge is -2.35. The molecule has 3 aromatic rings. The average molecular weight is 429 g/mol. The molecule has 6 heteroatoms. The van der Waals surface area contributed by atoms with Gasteiger partial charge in [0.15, 0.2) is 5.76 Å². The molecule has 0 aliphatic carbocycles. The van der Waals surface area contributed by atoms with Crippen LogP contribution in [0.4, 0.5) is 11.4 Å². The summed E-state index contributed by atoms with van der Waals surface area (Å²) in [5, 5.41) is 3.90. The van der Waals surface area contributed by atoms with Crippen molar-refractivity contribution in [1.82, 2.24) is 0 Å². The van der Waals surface area contributed by atoms with Gasteiger partial charge in [-0.15, -0.1) is 0 Å². The highest BCUT2D eigenvalue weighted by Crippen LogP contribution is 2.32. The quantitative estimate of drug-likeness (QED) is 0.492. The molecule has 1 aromatic heterocycles. The lowest BCUT2D eigenvalue weighted by Crippen LogP contribution is -2.37. The molecule has 0 saturated carbocycles. The third-order valence-corrected chi connectivity index (χ3v) is 5.83. The fourth-order valence-corrected chi connectivity index (χ4v) is 4.21. The molecule has 0 spiro atoms. The number of rotatable bonds is 4. The van der Waals surface area contributed by atoms with Gasteiger partial charge in [0.1, 0.15) is 5.76 Å². The molecule has 29 heavy (non-hydrogen) atoms. The second-order valence-corrected chi connectivity index (χ2v) is 8.17. The van der Waals surface area contributed by atoms with E-state index in [-0.39, 0.29) is 11.7 Å². The highest BCUT2D eigenvalue weighted by atomic mass is 35.5. The van der Waals surface area contributed by atoms with E-state index < -0.39 is 0 Å². The first-order chi connectivity index (χ1) is 14.0. The minimum absolute atomic E-state index is 0.222. The Hall–Kier alpha value is -2.43. The van der Waals surface area contributed by atoms with Gasteiger partial charge < -0.3 is 14.6 Å². The van der Waals surface area contributed by atoms with E-state index in [4.69, 9.17) is 27.6 Å². The first-order valence-electron chi connectivity index (χ1n) is 9.74. The summed E-state index contributed by atoms with van der Waals surface area (Å²) < 4.78 is 5.71. The van der Waals surface area contributed by atoms with E-state index in [9.17, 15) is 4.79 Å². The van der Waals surface area contributed by atoms with Gasteiger partial charge in [-0.2, -0.15) is 0 Å². The van der Waals surface area contributed by atoms with Gasteiger partial charge in [0.2, 0.25) is 0 Å². The van der Waals surface area contributed by atoms with Crippen LogP contribution in [0.5, 0.6) is 0 Å². The third kappa shape index (κ3) is 4.44. The maximum Gasteiger partial charge on any atom is 0.291 e. The van der Waals surface area contributed by atoms with Crippen molar-refractivity contribution in [3.8, 4) is 11.3 Å². The van der Waals surface area contributed by atoms with E-state index in [0.29, 0.717) is 27.4 Å². The zero-order valence-electron chi connectivity index (χ0n) is 16.1. The van der Waals surface area contributed by atoms with Crippen LogP contribution in [-0.2, 0) is 0 Å². The number of benzene rings is 2. The summed E-state index contributed by atoms with van der Waals surface area (Å²) in [4.78, 5) is 15.0. The number of anilines is 2. The number of halogens is 2. The summed E-state index contributed by atoms with van der Waals surface area (Å²) in [6, 6.07) is 17.0. The summed E-state index contributed by atoms with van der Waals surface area (Å²) in [6.07, 6.45) is 3.73. The number of furan rings is 1. The number of hydrogen-bond acceptors (Lipinski definition) is 3. The van der Waals surface area contributed by atoms with Crippen molar-refractivity contribution in [3.05, 3.63) is 70.4 Å². The van der Waals surface area contributed by atoms with Crippen LogP contribution in [0, 0.1) is 0 Å². The van der Waals surface area contributed by atoms with Crippen LogP contribution in [-0.4, -0.2) is 18.5 Å². The van der Waals surface area contributed by atoms with Gasteiger partial charge in [-0.1, -0.05) is 23.2 Å². The summed E-state index contributed by atoms with van der Waals surface area (Å²) >= 11 is 12.2. The second kappa shape index (κ2) is 8.52. The molecule has 2 aromatic carbocycles. The Balaban J connectivity index is 1.45. The van der Waals surface area contributed by atoms with Crippen molar-refractivity contribution < 1.29 is 9.21 Å². The highest BCUT2D eigenvalue weighted by Gasteiger charge is 2.19. The van der Waals surface area contributed by atoms with Gasteiger partial charge in [0.25, 0.3) is 5.91 Å². The molecule has 0 bridgehead atoms. The van der Waals surface area contributed by atoms with Crippen LogP contribution in [0.1, 0.15) is 36.7 Å². The van der Waals surface area contributed by atoms with Crippen LogP contribution in [0.2, 0.25) is 10.0 Å². The Morgan fingerprint density at radius 1 is 1.07 bits per heavy atom. The van der Waals surface area contributed by atoms with Crippen LogP contribution >= 0.6 is 23.2 Å². The summed E-state index contributed by atoms with van der Waals surface area (Å²) in [7, 11) is 0. The molecule has 1 N–H and O–H groups in total. The molecule has 0 radical (unpaired) electrons. The van der Waals surface area contributed by atoms with E-state index in [1.54, 1.807) is 30.3 Å². The van der Waals surface area contributed by atoms with E-state index >= 15 is 0 Å². The predicted octanol–water partition coefficient (Wildman–Crippen LogP) is 6.88. The molecule has 1 aliphatic heterocycles. The van der Waals surface area contributed by atoms with Crippen LogP contribution in [0.25, 0.3) is 11.3 Å². The molecule has 150 valence electrons. The van der Waals surface area contributed by atoms with Gasteiger partial charge in [-0.05, 0) is 80.8 Å². The first-order valence-corrected chi connectivity index (χ1v) is 10.5. The molecule has 1 fully saturated rings. The Bertz CT molecular complexity index is 1010. The van der Waals surface area contributed by atoms with Crippen molar-refractivity contribution in [2.24, 2.45) is 0 Å². The number of hydrogen-bond donors (Lipinski definition) is 1. The second-order valence-electron chi connectivity index (χ2n) is 7.33. The van der Waals surface area contributed by atoms with Crippen molar-refractivity contribution in [2.45, 2.75) is 32.2 Å². The zero-order valence-corrected chi connectivity index (χ0v) is 17.6. The highest BCUT2D eigenvalue weighted by molar-refractivity contribution is 6.36. The monoisotopic (exact) mass is 428 g/mol. The first kappa shape index (κ1) is 19.9. The zero-order chi connectivity index (χ0) is 20.4. The predicted molar refractivity (Wildman–Crippen MR) is 119 cm³/mol. The molecule has 4 rings (SSSR count). The third-order valence-electron chi connectivity index (χ3n) is 5.29. The van der Waals surface area contributed by atoms with E-state index in [2.05, 4.69) is 29.3 Å². The van der Waals surface area contributed by atoms with Crippen molar-refractivity contribution in [2.75, 3.05) is 16.8 Å². The molecule has 1 aliphatic rings. The molecule has 1 amide bonds. The lowest BCUT2D eigenvalue weighted by atomic mass is 10.0. The van der Waals surface area contributed by atoms with Gasteiger partial charge in [0.05, 0.1) is 5.02 Å².